The smallest absolute Gasteiger partial charge is 0.496 e. The van der Waals surface area contributed by atoms with Crippen molar-refractivity contribution in [1.82, 2.24) is 4.98 Å². The average Bonchev–Trinajstić information content (AvgIpc) is 2.15. The molecule has 7 heteroatoms. The van der Waals surface area contributed by atoms with Crippen LogP contribution in [0.1, 0.15) is 5.56 Å². The standard InChI is InChI=1S/C8H9F3N2O2/c1-14-6-2-7(15-8(9,10)11)13-4-5(6)3-12/h2,4H,3,12H2,1H3. The molecule has 0 amide bonds. The third-order valence-electron chi connectivity index (χ3n) is 1.58. The van der Waals surface area contributed by atoms with Gasteiger partial charge in [-0.2, -0.15) is 0 Å². The summed E-state index contributed by atoms with van der Waals surface area (Å²) in [6, 6.07) is 1.04. The predicted octanol–water partition coefficient (Wildman–Crippen LogP) is 1.45. The summed E-state index contributed by atoms with van der Waals surface area (Å²) in [6.07, 6.45) is -3.58. The summed E-state index contributed by atoms with van der Waals surface area (Å²) >= 11 is 0. The van der Waals surface area contributed by atoms with Crippen LogP contribution >= 0.6 is 0 Å². The Labute approximate surface area is 83.8 Å². The molecule has 4 nitrogen and oxygen atoms in total. The van der Waals surface area contributed by atoms with Crippen molar-refractivity contribution >= 4 is 0 Å². The first-order chi connectivity index (χ1) is 6.96. The molecule has 1 rings (SSSR count). The second kappa shape index (κ2) is 4.35. The molecule has 0 spiro atoms. The Morgan fingerprint density at radius 1 is 1.47 bits per heavy atom. The van der Waals surface area contributed by atoms with Crippen molar-refractivity contribution in [3.63, 3.8) is 0 Å². The molecule has 0 aliphatic rings. The Kier molecular flexibility index (Phi) is 3.35. The lowest BCUT2D eigenvalue weighted by atomic mass is 10.2. The van der Waals surface area contributed by atoms with E-state index in [1.807, 2.05) is 0 Å². The summed E-state index contributed by atoms with van der Waals surface area (Å²) in [7, 11) is 1.33. The molecule has 2 N–H and O–H groups in total. The topological polar surface area (TPSA) is 57.4 Å². The van der Waals surface area contributed by atoms with Crippen molar-refractivity contribution in [2.45, 2.75) is 12.9 Å². The van der Waals surface area contributed by atoms with E-state index in [9.17, 15) is 13.2 Å². The highest BCUT2D eigenvalue weighted by molar-refractivity contribution is 5.35. The number of alkyl halides is 3. The highest BCUT2D eigenvalue weighted by Gasteiger charge is 2.32. The first-order valence-electron chi connectivity index (χ1n) is 3.95. The normalized spacial score (nSPS) is 11.3. The zero-order valence-corrected chi connectivity index (χ0v) is 7.84. The first-order valence-corrected chi connectivity index (χ1v) is 3.95. The number of halogens is 3. The minimum absolute atomic E-state index is 0.127. The number of rotatable bonds is 3. The first kappa shape index (κ1) is 11.6. The summed E-state index contributed by atoms with van der Waals surface area (Å²) in [5, 5.41) is 0. The van der Waals surface area contributed by atoms with Gasteiger partial charge in [-0.15, -0.1) is 13.2 Å². The van der Waals surface area contributed by atoms with E-state index in [0.29, 0.717) is 5.56 Å². The third kappa shape index (κ3) is 3.28. The van der Waals surface area contributed by atoms with E-state index < -0.39 is 12.2 Å². The van der Waals surface area contributed by atoms with Gasteiger partial charge in [-0.05, 0) is 0 Å². The van der Waals surface area contributed by atoms with Crippen molar-refractivity contribution in [1.29, 1.82) is 0 Å². The Morgan fingerprint density at radius 3 is 2.60 bits per heavy atom. The Morgan fingerprint density at radius 2 is 2.13 bits per heavy atom. The Bertz CT molecular complexity index is 341. The molecule has 15 heavy (non-hydrogen) atoms. The molecule has 1 aromatic heterocycles. The van der Waals surface area contributed by atoms with Gasteiger partial charge in [0.15, 0.2) is 0 Å². The fourth-order valence-corrected chi connectivity index (χ4v) is 0.965. The van der Waals surface area contributed by atoms with E-state index in [1.54, 1.807) is 0 Å². The van der Waals surface area contributed by atoms with Gasteiger partial charge in [-0.3, -0.25) is 0 Å². The molecular formula is C8H9F3N2O2. The van der Waals surface area contributed by atoms with E-state index in [0.717, 1.165) is 6.07 Å². The largest absolute Gasteiger partial charge is 0.574 e. The second-order valence-corrected chi connectivity index (χ2v) is 2.59. The minimum atomic E-state index is -4.76. The molecule has 1 aromatic rings. The predicted molar refractivity (Wildman–Crippen MR) is 45.4 cm³/mol. The lowest BCUT2D eigenvalue weighted by Crippen LogP contribution is -2.18. The number of nitrogens with two attached hydrogens (primary N) is 1. The van der Waals surface area contributed by atoms with Crippen molar-refractivity contribution in [2.24, 2.45) is 5.73 Å². The number of ether oxygens (including phenoxy) is 2. The second-order valence-electron chi connectivity index (χ2n) is 2.59. The van der Waals surface area contributed by atoms with E-state index in [-0.39, 0.29) is 12.3 Å². The van der Waals surface area contributed by atoms with Gasteiger partial charge < -0.3 is 15.2 Å². The number of pyridine rings is 1. The molecule has 1 heterocycles. The molecule has 0 aromatic carbocycles. The highest BCUT2D eigenvalue weighted by Crippen LogP contribution is 2.26. The number of hydrogen-bond acceptors (Lipinski definition) is 4. The molecule has 0 saturated heterocycles. The number of nitrogens with zero attached hydrogens (tertiary/aromatic N) is 1. The van der Waals surface area contributed by atoms with Gasteiger partial charge in [0.25, 0.3) is 0 Å². The molecule has 0 radical (unpaired) electrons. The van der Waals surface area contributed by atoms with Crippen LogP contribution in [0.5, 0.6) is 11.6 Å². The van der Waals surface area contributed by atoms with Crippen LogP contribution < -0.4 is 15.2 Å². The maximum absolute atomic E-state index is 11.8. The summed E-state index contributed by atoms with van der Waals surface area (Å²) in [4.78, 5) is 3.44. The van der Waals surface area contributed by atoms with Crippen LogP contribution in [0.15, 0.2) is 12.3 Å². The lowest BCUT2D eigenvalue weighted by molar-refractivity contribution is -0.276. The molecule has 0 bridgehead atoms. The molecule has 84 valence electrons. The average molecular weight is 222 g/mol. The molecule has 0 atom stereocenters. The Balaban J connectivity index is 2.93. The summed E-state index contributed by atoms with van der Waals surface area (Å²) in [6.45, 7) is 0.127. The van der Waals surface area contributed by atoms with Gasteiger partial charge in [0, 0.05) is 24.4 Å². The van der Waals surface area contributed by atoms with E-state index in [4.69, 9.17) is 10.5 Å². The molecule has 0 fully saturated rings. The van der Waals surface area contributed by atoms with Crippen molar-refractivity contribution in [3.8, 4) is 11.6 Å². The van der Waals surface area contributed by atoms with Crippen LogP contribution in [0.25, 0.3) is 0 Å². The Hall–Kier alpha value is -1.50. The van der Waals surface area contributed by atoms with Crippen LogP contribution in [-0.2, 0) is 6.54 Å². The fraction of sp³-hybridized carbons (Fsp3) is 0.375. The van der Waals surface area contributed by atoms with Gasteiger partial charge in [-0.1, -0.05) is 0 Å². The highest BCUT2D eigenvalue weighted by atomic mass is 19.4. The van der Waals surface area contributed by atoms with Gasteiger partial charge in [-0.25, -0.2) is 4.98 Å². The summed E-state index contributed by atoms with van der Waals surface area (Å²) < 4.78 is 43.9. The van der Waals surface area contributed by atoms with Crippen LogP contribution in [0.3, 0.4) is 0 Å². The van der Waals surface area contributed by atoms with E-state index in [1.165, 1.54) is 13.3 Å². The van der Waals surface area contributed by atoms with E-state index >= 15 is 0 Å². The van der Waals surface area contributed by atoms with Gasteiger partial charge in [0.05, 0.1) is 7.11 Å². The van der Waals surface area contributed by atoms with Gasteiger partial charge in [0.2, 0.25) is 5.88 Å². The number of aromatic nitrogens is 1. The SMILES string of the molecule is COc1cc(OC(F)(F)F)ncc1CN. The monoisotopic (exact) mass is 222 g/mol. The van der Waals surface area contributed by atoms with Gasteiger partial charge in [0.1, 0.15) is 5.75 Å². The quantitative estimate of drug-likeness (QED) is 0.840. The maximum Gasteiger partial charge on any atom is 0.574 e. The minimum Gasteiger partial charge on any atom is -0.496 e. The molecule has 0 unspecified atom stereocenters. The van der Waals surface area contributed by atoms with Crippen LogP contribution in [0.2, 0.25) is 0 Å². The van der Waals surface area contributed by atoms with Crippen molar-refractivity contribution in [3.05, 3.63) is 17.8 Å². The van der Waals surface area contributed by atoms with Crippen molar-refractivity contribution in [2.75, 3.05) is 7.11 Å². The molecule has 0 aliphatic heterocycles. The van der Waals surface area contributed by atoms with Crippen LogP contribution in [0, 0.1) is 0 Å². The van der Waals surface area contributed by atoms with E-state index in [2.05, 4.69) is 9.72 Å². The zero-order valence-electron chi connectivity index (χ0n) is 7.84. The summed E-state index contributed by atoms with van der Waals surface area (Å²) in [5.41, 5.74) is 5.83. The van der Waals surface area contributed by atoms with Gasteiger partial charge >= 0.3 is 6.36 Å². The lowest BCUT2D eigenvalue weighted by Gasteiger charge is -2.10. The molecule has 0 saturated carbocycles. The number of methoxy groups -OCH3 is 1. The third-order valence-corrected chi connectivity index (χ3v) is 1.58. The molecule has 0 aliphatic carbocycles. The van der Waals surface area contributed by atoms with Crippen molar-refractivity contribution < 1.29 is 22.6 Å². The maximum atomic E-state index is 11.8. The van der Waals surface area contributed by atoms with Crippen LogP contribution in [0.4, 0.5) is 13.2 Å². The molecular weight excluding hydrogens is 213 g/mol. The zero-order chi connectivity index (χ0) is 11.5. The summed E-state index contributed by atoms with van der Waals surface area (Å²) in [5.74, 6) is -0.358. The fourth-order valence-electron chi connectivity index (χ4n) is 0.965. The van der Waals surface area contributed by atoms with Crippen LogP contribution in [-0.4, -0.2) is 18.5 Å². The number of hydrogen-bond donors (Lipinski definition) is 1.